The molecule has 0 aromatic heterocycles. The minimum atomic E-state index is -0.0577. The van der Waals surface area contributed by atoms with E-state index in [0.29, 0.717) is 18.7 Å². The second-order valence-corrected chi connectivity index (χ2v) is 3.67. The number of nitrogens with zero attached hydrogens (tertiary/aromatic N) is 2. The minimum Gasteiger partial charge on any atom is -0.391 e. The SMILES string of the molecule is CC/C=C(/CC(=O)NC1=NN=C(C)C1)NC. The fraction of sp³-hybridized carbons (Fsp3) is 0.545. The molecule has 1 aliphatic rings. The van der Waals surface area contributed by atoms with Gasteiger partial charge in [-0.3, -0.25) is 4.79 Å². The maximum Gasteiger partial charge on any atom is 0.231 e. The lowest BCUT2D eigenvalue weighted by Crippen LogP contribution is -2.31. The summed E-state index contributed by atoms with van der Waals surface area (Å²) in [6.07, 6.45) is 3.89. The van der Waals surface area contributed by atoms with Crippen LogP contribution in [0, 0.1) is 0 Å². The highest BCUT2D eigenvalue weighted by molar-refractivity contribution is 6.10. The first-order valence-electron chi connectivity index (χ1n) is 5.42. The average molecular weight is 222 g/mol. The number of nitrogens with one attached hydrogen (secondary N) is 2. The summed E-state index contributed by atoms with van der Waals surface area (Å²) in [7, 11) is 1.81. The second-order valence-electron chi connectivity index (χ2n) is 3.67. The number of carbonyl (C=O) groups is 1. The fourth-order valence-electron chi connectivity index (χ4n) is 1.42. The van der Waals surface area contributed by atoms with Gasteiger partial charge in [0.05, 0.1) is 6.42 Å². The van der Waals surface area contributed by atoms with Crippen LogP contribution in [-0.4, -0.2) is 24.5 Å². The molecule has 0 bridgehead atoms. The number of allylic oxidation sites excluding steroid dienone is 1. The molecule has 0 spiro atoms. The summed E-state index contributed by atoms with van der Waals surface area (Å²) in [5, 5.41) is 13.5. The van der Waals surface area contributed by atoms with E-state index in [-0.39, 0.29) is 5.91 Å². The van der Waals surface area contributed by atoms with E-state index < -0.39 is 0 Å². The van der Waals surface area contributed by atoms with Gasteiger partial charge in [-0.2, -0.15) is 5.10 Å². The lowest BCUT2D eigenvalue weighted by molar-refractivity contribution is -0.119. The van der Waals surface area contributed by atoms with Crippen molar-refractivity contribution in [2.75, 3.05) is 7.05 Å². The van der Waals surface area contributed by atoms with Gasteiger partial charge in [0.2, 0.25) is 5.91 Å². The third-order valence-electron chi connectivity index (χ3n) is 2.17. The molecule has 1 amide bonds. The third kappa shape index (κ3) is 3.84. The number of rotatable bonds is 4. The van der Waals surface area contributed by atoms with Crippen LogP contribution >= 0.6 is 0 Å². The summed E-state index contributed by atoms with van der Waals surface area (Å²) in [6.45, 7) is 3.92. The molecule has 1 heterocycles. The van der Waals surface area contributed by atoms with Crippen molar-refractivity contribution in [3.8, 4) is 0 Å². The number of hydrogen-bond acceptors (Lipinski definition) is 4. The highest BCUT2D eigenvalue weighted by Gasteiger charge is 2.12. The van der Waals surface area contributed by atoms with Gasteiger partial charge in [-0.25, -0.2) is 0 Å². The maximum atomic E-state index is 11.6. The quantitative estimate of drug-likeness (QED) is 0.750. The number of hydrogen-bond donors (Lipinski definition) is 2. The van der Waals surface area contributed by atoms with Crippen LogP contribution in [0.1, 0.15) is 33.1 Å². The Morgan fingerprint density at radius 3 is 2.75 bits per heavy atom. The molecule has 88 valence electrons. The van der Waals surface area contributed by atoms with Crippen LogP contribution in [0.4, 0.5) is 0 Å². The van der Waals surface area contributed by atoms with Gasteiger partial charge in [0, 0.05) is 24.9 Å². The molecule has 0 saturated heterocycles. The normalized spacial score (nSPS) is 15.6. The Morgan fingerprint density at radius 2 is 2.25 bits per heavy atom. The van der Waals surface area contributed by atoms with E-state index in [1.165, 1.54) is 0 Å². The van der Waals surface area contributed by atoms with E-state index in [2.05, 4.69) is 20.8 Å². The number of amidine groups is 1. The van der Waals surface area contributed by atoms with Gasteiger partial charge in [-0.05, 0) is 13.3 Å². The van der Waals surface area contributed by atoms with Crippen molar-refractivity contribution in [1.29, 1.82) is 0 Å². The molecular formula is C11H18N4O. The molecule has 0 aliphatic carbocycles. The fourth-order valence-corrected chi connectivity index (χ4v) is 1.42. The molecule has 2 N–H and O–H groups in total. The average Bonchev–Trinajstić information content (AvgIpc) is 2.63. The zero-order chi connectivity index (χ0) is 12.0. The summed E-state index contributed by atoms with van der Waals surface area (Å²) in [6, 6.07) is 0. The summed E-state index contributed by atoms with van der Waals surface area (Å²) >= 11 is 0. The predicted molar refractivity (Wildman–Crippen MR) is 65.4 cm³/mol. The Bertz CT molecular complexity index is 355. The van der Waals surface area contributed by atoms with Gasteiger partial charge < -0.3 is 10.6 Å². The van der Waals surface area contributed by atoms with Gasteiger partial charge in [-0.15, -0.1) is 5.10 Å². The number of amides is 1. The van der Waals surface area contributed by atoms with E-state index >= 15 is 0 Å². The molecule has 1 aliphatic heterocycles. The Hall–Kier alpha value is -1.65. The molecule has 0 unspecified atom stereocenters. The number of carbonyl (C=O) groups excluding carboxylic acids is 1. The largest absolute Gasteiger partial charge is 0.391 e. The first-order chi connectivity index (χ1) is 7.65. The van der Waals surface area contributed by atoms with E-state index in [9.17, 15) is 4.79 Å². The van der Waals surface area contributed by atoms with Crippen LogP contribution in [0.3, 0.4) is 0 Å². The van der Waals surface area contributed by atoms with Crippen LogP contribution in [0.2, 0.25) is 0 Å². The molecule has 0 saturated carbocycles. The van der Waals surface area contributed by atoms with Crippen molar-refractivity contribution in [3.63, 3.8) is 0 Å². The summed E-state index contributed by atoms with van der Waals surface area (Å²) in [4.78, 5) is 11.6. The molecule has 0 aromatic rings. The van der Waals surface area contributed by atoms with Crippen LogP contribution in [0.5, 0.6) is 0 Å². The minimum absolute atomic E-state index is 0.0577. The summed E-state index contributed by atoms with van der Waals surface area (Å²) in [5.41, 5.74) is 1.85. The monoisotopic (exact) mass is 222 g/mol. The molecular weight excluding hydrogens is 204 g/mol. The Balaban J connectivity index is 2.39. The first kappa shape index (κ1) is 12.4. The van der Waals surface area contributed by atoms with Crippen molar-refractivity contribution >= 4 is 17.5 Å². The third-order valence-corrected chi connectivity index (χ3v) is 2.17. The van der Waals surface area contributed by atoms with Crippen LogP contribution in [0.25, 0.3) is 0 Å². The summed E-state index contributed by atoms with van der Waals surface area (Å²) in [5.74, 6) is 0.576. The van der Waals surface area contributed by atoms with E-state index in [4.69, 9.17) is 0 Å². The predicted octanol–water partition coefficient (Wildman–Crippen LogP) is 1.18. The molecule has 1 rings (SSSR count). The van der Waals surface area contributed by atoms with Gasteiger partial charge in [-0.1, -0.05) is 13.0 Å². The zero-order valence-electron chi connectivity index (χ0n) is 10.0. The van der Waals surface area contributed by atoms with Crippen molar-refractivity contribution < 1.29 is 4.79 Å². The highest BCUT2D eigenvalue weighted by Crippen LogP contribution is 2.02. The molecule has 16 heavy (non-hydrogen) atoms. The van der Waals surface area contributed by atoms with Crippen molar-refractivity contribution in [2.24, 2.45) is 10.2 Å². The van der Waals surface area contributed by atoms with E-state index in [0.717, 1.165) is 17.8 Å². The molecule has 0 atom stereocenters. The van der Waals surface area contributed by atoms with Gasteiger partial charge >= 0.3 is 0 Å². The molecule has 0 fully saturated rings. The van der Waals surface area contributed by atoms with E-state index in [1.807, 2.05) is 27.0 Å². The van der Waals surface area contributed by atoms with Crippen LogP contribution in [-0.2, 0) is 4.79 Å². The van der Waals surface area contributed by atoms with Gasteiger partial charge in [0.25, 0.3) is 0 Å². The molecule has 0 aromatic carbocycles. The van der Waals surface area contributed by atoms with Crippen LogP contribution < -0.4 is 10.6 Å². The maximum absolute atomic E-state index is 11.6. The Kier molecular flexibility index (Phi) is 4.69. The summed E-state index contributed by atoms with van der Waals surface area (Å²) < 4.78 is 0. The molecule has 5 heteroatoms. The van der Waals surface area contributed by atoms with Crippen molar-refractivity contribution in [2.45, 2.75) is 33.1 Å². The Labute approximate surface area is 95.7 Å². The highest BCUT2D eigenvalue weighted by atomic mass is 16.1. The van der Waals surface area contributed by atoms with Crippen LogP contribution in [0.15, 0.2) is 22.0 Å². The van der Waals surface area contributed by atoms with Gasteiger partial charge in [0.15, 0.2) is 0 Å². The molecule has 5 nitrogen and oxygen atoms in total. The Morgan fingerprint density at radius 1 is 1.50 bits per heavy atom. The second kappa shape index (κ2) is 6.05. The lowest BCUT2D eigenvalue weighted by Gasteiger charge is -2.07. The smallest absolute Gasteiger partial charge is 0.231 e. The van der Waals surface area contributed by atoms with Crippen molar-refractivity contribution in [1.82, 2.24) is 10.6 Å². The molecule has 0 radical (unpaired) electrons. The zero-order valence-corrected chi connectivity index (χ0v) is 10.0. The first-order valence-corrected chi connectivity index (χ1v) is 5.42. The standard InChI is InChI=1S/C11H18N4O/c1-4-5-9(12-3)7-11(16)13-10-6-8(2)14-15-10/h5,12H,4,6-7H2,1-3H3,(H,13,15,16)/b9-5-. The lowest BCUT2D eigenvalue weighted by atomic mass is 10.2. The van der Waals surface area contributed by atoms with Gasteiger partial charge in [0.1, 0.15) is 5.84 Å². The topological polar surface area (TPSA) is 65.8 Å². The van der Waals surface area contributed by atoms with E-state index in [1.54, 1.807) is 0 Å². The van der Waals surface area contributed by atoms with Crippen molar-refractivity contribution in [3.05, 3.63) is 11.8 Å².